The fraction of sp³-hybridized carbons (Fsp3) is 0.375. The molecule has 2 aromatic heterocycles. The zero-order valence-electron chi connectivity index (χ0n) is 12.2. The van der Waals surface area contributed by atoms with Crippen molar-refractivity contribution in [3.63, 3.8) is 0 Å². The van der Waals surface area contributed by atoms with Crippen molar-refractivity contribution in [2.45, 2.75) is 32.9 Å². The molecule has 0 aromatic carbocycles. The second kappa shape index (κ2) is 6.48. The Hall–Kier alpha value is -1.94. The highest BCUT2D eigenvalue weighted by Gasteiger charge is 2.08. The van der Waals surface area contributed by atoms with Gasteiger partial charge in [0.15, 0.2) is 0 Å². The SMILES string of the molecule is CC[C@@H](O)c1ccc(N(C)Cc2cccc(C)n2)cn1. The molecule has 0 aliphatic carbocycles. The van der Waals surface area contributed by atoms with Crippen LogP contribution in [0, 0.1) is 6.92 Å². The van der Waals surface area contributed by atoms with E-state index in [2.05, 4.69) is 14.9 Å². The van der Waals surface area contributed by atoms with Gasteiger partial charge in [-0.15, -0.1) is 0 Å². The van der Waals surface area contributed by atoms with Crippen molar-refractivity contribution < 1.29 is 5.11 Å². The highest BCUT2D eigenvalue weighted by atomic mass is 16.3. The highest BCUT2D eigenvalue weighted by molar-refractivity contribution is 5.44. The van der Waals surface area contributed by atoms with Gasteiger partial charge < -0.3 is 10.0 Å². The minimum atomic E-state index is -0.479. The van der Waals surface area contributed by atoms with E-state index < -0.39 is 6.10 Å². The van der Waals surface area contributed by atoms with Crippen molar-refractivity contribution in [2.24, 2.45) is 0 Å². The molecular formula is C16H21N3O. The van der Waals surface area contributed by atoms with Gasteiger partial charge in [-0.05, 0) is 37.6 Å². The van der Waals surface area contributed by atoms with Crippen molar-refractivity contribution in [3.05, 3.63) is 53.6 Å². The van der Waals surface area contributed by atoms with Crippen LogP contribution >= 0.6 is 0 Å². The molecule has 0 aliphatic rings. The van der Waals surface area contributed by atoms with Crippen molar-refractivity contribution >= 4 is 5.69 Å². The number of aryl methyl sites for hydroxylation is 1. The van der Waals surface area contributed by atoms with E-state index in [1.807, 2.05) is 51.2 Å². The van der Waals surface area contributed by atoms with Gasteiger partial charge in [-0.2, -0.15) is 0 Å². The summed E-state index contributed by atoms with van der Waals surface area (Å²) in [4.78, 5) is 10.9. The molecule has 0 amide bonds. The Kier molecular flexibility index (Phi) is 4.69. The molecule has 4 heteroatoms. The molecule has 0 bridgehead atoms. The quantitative estimate of drug-likeness (QED) is 0.908. The third-order valence-electron chi connectivity index (χ3n) is 3.28. The molecule has 0 unspecified atom stereocenters. The van der Waals surface area contributed by atoms with E-state index in [1.54, 1.807) is 6.20 Å². The second-order valence-corrected chi connectivity index (χ2v) is 4.99. The lowest BCUT2D eigenvalue weighted by molar-refractivity contribution is 0.169. The Labute approximate surface area is 120 Å². The predicted octanol–water partition coefficient (Wildman–Crippen LogP) is 2.86. The van der Waals surface area contributed by atoms with Gasteiger partial charge >= 0.3 is 0 Å². The Morgan fingerprint density at radius 3 is 2.65 bits per heavy atom. The first-order valence-corrected chi connectivity index (χ1v) is 6.88. The van der Waals surface area contributed by atoms with Gasteiger partial charge in [0, 0.05) is 12.7 Å². The summed E-state index contributed by atoms with van der Waals surface area (Å²) in [6, 6.07) is 9.89. The molecule has 0 radical (unpaired) electrons. The molecule has 0 saturated carbocycles. The summed E-state index contributed by atoms with van der Waals surface area (Å²) in [6.07, 6.45) is 1.99. The summed E-state index contributed by atoms with van der Waals surface area (Å²) in [5.74, 6) is 0. The van der Waals surface area contributed by atoms with Crippen LogP contribution in [-0.2, 0) is 6.54 Å². The molecule has 4 nitrogen and oxygen atoms in total. The van der Waals surface area contributed by atoms with Crippen LogP contribution < -0.4 is 4.90 Å². The second-order valence-electron chi connectivity index (χ2n) is 4.99. The molecule has 2 heterocycles. The zero-order chi connectivity index (χ0) is 14.5. The third kappa shape index (κ3) is 3.54. The summed E-state index contributed by atoms with van der Waals surface area (Å²) in [7, 11) is 2.01. The average molecular weight is 271 g/mol. The maximum absolute atomic E-state index is 9.74. The first-order valence-electron chi connectivity index (χ1n) is 6.88. The molecule has 1 N–H and O–H groups in total. The molecular weight excluding hydrogens is 250 g/mol. The van der Waals surface area contributed by atoms with E-state index in [4.69, 9.17) is 0 Å². The summed E-state index contributed by atoms with van der Waals surface area (Å²) in [5, 5.41) is 9.74. The number of pyridine rings is 2. The van der Waals surface area contributed by atoms with E-state index in [0.29, 0.717) is 6.42 Å². The number of aliphatic hydroxyl groups excluding tert-OH is 1. The standard InChI is InChI=1S/C16H21N3O/c1-4-16(20)15-9-8-14(10-17-15)19(3)11-13-7-5-6-12(2)18-13/h5-10,16,20H,4,11H2,1-3H3/t16-/m1/s1. The van der Waals surface area contributed by atoms with Crippen molar-refractivity contribution in [1.82, 2.24) is 9.97 Å². The fourth-order valence-electron chi connectivity index (χ4n) is 2.05. The van der Waals surface area contributed by atoms with E-state index in [9.17, 15) is 5.11 Å². The molecule has 2 aromatic rings. The topological polar surface area (TPSA) is 49.2 Å². The number of nitrogens with zero attached hydrogens (tertiary/aromatic N) is 3. The van der Waals surface area contributed by atoms with Gasteiger partial charge in [0.25, 0.3) is 0 Å². The van der Waals surface area contributed by atoms with Crippen LogP contribution in [0.3, 0.4) is 0 Å². The summed E-state index contributed by atoms with van der Waals surface area (Å²) in [6.45, 7) is 4.67. The van der Waals surface area contributed by atoms with Crippen LogP contribution in [0.2, 0.25) is 0 Å². The van der Waals surface area contributed by atoms with Crippen LogP contribution in [0.5, 0.6) is 0 Å². The average Bonchev–Trinajstić information content (AvgIpc) is 2.46. The summed E-state index contributed by atoms with van der Waals surface area (Å²) in [5.41, 5.74) is 3.79. The largest absolute Gasteiger partial charge is 0.387 e. The maximum atomic E-state index is 9.74. The third-order valence-corrected chi connectivity index (χ3v) is 3.28. The smallest absolute Gasteiger partial charge is 0.0957 e. The molecule has 0 saturated heterocycles. The zero-order valence-corrected chi connectivity index (χ0v) is 12.2. The number of hydrogen-bond acceptors (Lipinski definition) is 4. The van der Waals surface area contributed by atoms with E-state index >= 15 is 0 Å². The minimum Gasteiger partial charge on any atom is -0.387 e. The van der Waals surface area contributed by atoms with E-state index in [-0.39, 0.29) is 0 Å². The van der Waals surface area contributed by atoms with E-state index in [1.165, 1.54) is 0 Å². The summed E-state index contributed by atoms with van der Waals surface area (Å²) >= 11 is 0. The molecule has 20 heavy (non-hydrogen) atoms. The van der Waals surface area contributed by atoms with Gasteiger partial charge in [-0.25, -0.2) is 0 Å². The molecule has 2 rings (SSSR count). The predicted molar refractivity (Wildman–Crippen MR) is 80.6 cm³/mol. The Morgan fingerprint density at radius 2 is 2.05 bits per heavy atom. The monoisotopic (exact) mass is 271 g/mol. The van der Waals surface area contributed by atoms with Gasteiger partial charge in [-0.1, -0.05) is 13.0 Å². The number of rotatable bonds is 5. The maximum Gasteiger partial charge on any atom is 0.0957 e. The Bertz CT molecular complexity index is 554. The Balaban J connectivity index is 2.07. The number of aliphatic hydroxyl groups is 1. The lowest BCUT2D eigenvalue weighted by Crippen LogP contribution is -2.17. The van der Waals surface area contributed by atoms with Crippen LogP contribution in [0.1, 0.15) is 36.5 Å². The number of hydrogen-bond donors (Lipinski definition) is 1. The Morgan fingerprint density at radius 1 is 1.25 bits per heavy atom. The molecule has 0 aliphatic heterocycles. The van der Waals surface area contributed by atoms with Crippen LogP contribution in [0.15, 0.2) is 36.5 Å². The first kappa shape index (κ1) is 14.5. The van der Waals surface area contributed by atoms with Crippen molar-refractivity contribution in [2.75, 3.05) is 11.9 Å². The fourth-order valence-corrected chi connectivity index (χ4v) is 2.05. The lowest BCUT2D eigenvalue weighted by atomic mass is 10.2. The number of anilines is 1. The van der Waals surface area contributed by atoms with Gasteiger partial charge in [0.05, 0.1) is 35.9 Å². The van der Waals surface area contributed by atoms with E-state index in [0.717, 1.165) is 29.3 Å². The van der Waals surface area contributed by atoms with Crippen molar-refractivity contribution in [3.8, 4) is 0 Å². The number of aromatic nitrogens is 2. The summed E-state index contributed by atoms with van der Waals surface area (Å²) < 4.78 is 0. The van der Waals surface area contributed by atoms with Gasteiger partial charge in [-0.3, -0.25) is 9.97 Å². The normalized spacial score (nSPS) is 12.2. The molecule has 1 atom stereocenters. The molecule has 0 fully saturated rings. The minimum absolute atomic E-state index is 0.479. The lowest BCUT2D eigenvalue weighted by Gasteiger charge is -2.19. The van der Waals surface area contributed by atoms with Crippen LogP contribution in [-0.4, -0.2) is 22.1 Å². The molecule has 106 valence electrons. The van der Waals surface area contributed by atoms with Crippen LogP contribution in [0.4, 0.5) is 5.69 Å². The first-order chi connectivity index (χ1) is 9.60. The van der Waals surface area contributed by atoms with Crippen molar-refractivity contribution in [1.29, 1.82) is 0 Å². The highest BCUT2D eigenvalue weighted by Crippen LogP contribution is 2.18. The molecule has 0 spiro atoms. The van der Waals surface area contributed by atoms with Crippen LogP contribution in [0.25, 0.3) is 0 Å². The van der Waals surface area contributed by atoms with Gasteiger partial charge in [0.2, 0.25) is 0 Å². The van der Waals surface area contributed by atoms with Gasteiger partial charge in [0.1, 0.15) is 0 Å².